The molecule has 7 heteroatoms. The predicted molar refractivity (Wildman–Crippen MR) is 79.2 cm³/mol. The lowest BCUT2D eigenvalue weighted by atomic mass is 10.1. The normalized spacial score (nSPS) is 12.4. The molecule has 0 saturated heterocycles. The summed E-state index contributed by atoms with van der Waals surface area (Å²) < 4.78 is 7.13. The Balaban J connectivity index is 2.35. The molecule has 0 bridgehead atoms. The highest BCUT2D eigenvalue weighted by atomic mass is 79.9. The summed E-state index contributed by atoms with van der Waals surface area (Å²) in [5.41, 5.74) is 2.15. The van der Waals surface area contributed by atoms with Gasteiger partial charge in [0.05, 0.1) is 20.7 Å². The molecular formula is C11H11Br2N3OS. The van der Waals surface area contributed by atoms with Gasteiger partial charge in [0.25, 0.3) is 0 Å². The van der Waals surface area contributed by atoms with Gasteiger partial charge in [0.1, 0.15) is 0 Å². The highest BCUT2D eigenvalue weighted by molar-refractivity contribution is 9.12. The summed E-state index contributed by atoms with van der Waals surface area (Å²) in [6.45, 7) is 0. The predicted octanol–water partition coefficient (Wildman–Crippen LogP) is 3.38. The minimum absolute atomic E-state index is 0.0489. The van der Waals surface area contributed by atoms with Crippen LogP contribution in [0, 0.1) is 0 Å². The molecule has 0 aliphatic heterocycles. The number of halogens is 2. The van der Waals surface area contributed by atoms with Crippen LogP contribution in [-0.4, -0.2) is 24.1 Å². The first kappa shape index (κ1) is 13.9. The van der Waals surface area contributed by atoms with Gasteiger partial charge in [-0.05, 0) is 50.5 Å². The lowest BCUT2D eigenvalue weighted by Gasteiger charge is -2.15. The maximum atomic E-state index is 4.96. The van der Waals surface area contributed by atoms with Gasteiger partial charge in [-0.2, -0.15) is 0 Å². The third-order valence-corrected chi connectivity index (χ3v) is 4.83. The molecule has 0 radical (unpaired) electrons. The number of methoxy groups -OCH3 is 1. The summed E-state index contributed by atoms with van der Waals surface area (Å²) in [7, 11) is 3.46. The van der Waals surface area contributed by atoms with Crippen molar-refractivity contribution in [2.24, 2.45) is 0 Å². The molecule has 2 aromatic rings. The van der Waals surface area contributed by atoms with Gasteiger partial charge in [-0.25, -0.2) is 9.97 Å². The lowest BCUT2D eigenvalue weighted by molar-refractivity contribution is 0.379. The molecule has 0 amide bonds. The number of nitrogens with one attached hydrogen (secondary N) is 1. The Kier molecular flexibility index (Phi) is 4.71. The average Bonchev–Trinajstić information content (AvgIpc) is 2.70. The largest absolute Gasteiger partial charge is 0.467 e. The minimum atomic E-state index is 0.0489. The standard InChI is InChI=1S/C11H11Br2N3OS/c1-14-9(7-3-8(12)18-10(7)13)6-4-15-11(17-2)16-5-6/h3-5,9,14H,1-2H3. The van der Waals surface area contributed by atoms with E-state index in [1.54, 1.807) is 30.8 Å². The van der Waals surface area contributed by atoms with E-state index >= 15 is 0 Å². The highest BCUT2D eigenvalue weighted by Crippen LogP contribution is 2.37. The molecule has 0 fully saturated rings. The van der Waals surface area contributed by atoms with E-state index in [9.17, 15) is 0 Å². The number of nitrogens with zero attached hydrogens (tertiary/aromatic N) is 2. The van der Waals surface area contributed by atoms with Crippen molar-refractivity contribution in [2.45, 2.75) is 6.04 Å². The molecule has 0 saturated carbocycles. The molecule has 18 heavy (non-hydrogen) atoms. The average molecular weight is 393 g/mol. The van der Waals surface area contributed by atoms with E-state index in [2.05, 4.69) is 53.2 Å². The van der Waals surface area contributed by atoms with Crippen molar-refractivity contribution in [1.82, 2.24) is 15.3 Å². The van der Waals surface area contributed by atoms with Crippen LogP contribution < -0.4 is 10.1 Å². The Morgan fingerprint density at radius 2 is 2.00 bits per heavy atom. The Bertz CT molecular complexity index is 530. The van der Waals surface area contributed by atoms with E-state index < -0.39 is 0 Å². The summed E-state index contributed by atoms with van der Waals surface area (Å²) in [4.78, 5) is 8.26. The Morgan fingerprint density at radius 1 is 1.33 bits per heavy atom. The summed E-state index contributed by atoms with van der Waals surface area (Å²) in [6.07, 6.45) is 3.54. The van der Waals surface area contributed by atoms with Gasteiger partial charge in [0.15, 0.2) is 0 Å². The highest BCUT2D eigenvalue weighted by Gasteiger charge is 2.18. The van der Waals surface area contributed by atoms with Gasteiger partial charge in [-0.1, -0.05) is 0 Å². The zero-order valence-corrected chi connectivity index (χ0v) is 13.8. The fourth-order valence-corrected chi connectivity index (χ4v) is 4.53. The van der Waals surface area contributed by atoms with E-state index in [4.69, 9.17) is 4.74 Å². The molecular weight excluding hydrogens is 382 g/mol. The van der Waals surface area contributed by atoms with E-state index in [1.165, 1.54) is 0 Å². The molecule has 2 heterocycles. The molecule has 2 aromatic heterocycles. The van der Waals surface area contributed by atoms with Crippen molar-refractivity contribution < 1.29 is 4.74 Å². The first-order valence-electron chi connectivity index (χ1n) is 5.13. The van der Waals surface area contributed by atoms with Crippen LogP contribution in [0.5, 0.6) is 6.01 Å². The maximum Gasteiger partial charge on any atom is 0.316 e. The first-order valence-corrected chi connectivity index (χ1v) is 7.54. The topological polar surface area (TPSA) is 47.0 Å². The summed E-state index contributed by atoms with van der Waals surface area (Å²) in [6, 6.07) is 2.51. The number of hydrogen-bond acceptors (Lipinski definition) is 5. The number of rotatable bonds is 4. The summed E-state index contributed by atoms with van der Waals surface area (Å²) in [5.74, 6) is 0. The lowest BCUT2D eigenvalue weighted by Crippen LogP contribution is -2.18. The van der Waals surface area contributed by atoms with Crippen molar-refractivity contribution in [1.29, 1.82) is 0 Å². The minimum Gasteiger partial charge on any atom is -0.467 e. The molecule has 0 aromatic carbocycles. The molecule has 1 unspecified atom stereocenters. The zero-order chi connectivity index (χ0) is 13.1. The first-order chi connectivity index (χ1) is 8.65. The van der Waals surface area contributed by atoms with Crippen molar-refractivity contribution in [2.75, 3.05) is 14.2 Å². The number of hydrogen-bond donors (Lipinski definition) is 1. The molecule has 0 aliphatic rings. The monoisotopic (exact) mass is 391 g/mol. The van der Waals surface area contributed by atoms with Crippen LogP contribution in [0.4, 0.5) is 0 Å². The van der Waals surface area contributed by atoms with Crippen LogP contribution in [0.3, 0.4) is 0 Å². The summed E-state index contributed by atoms with van der Waals surface area (Å²) in [5, 5.41) is 3.26. The van der Waals surface area contributed by atoms with Crippen molar-refractivity contribution in [3.8, 4) is 6.01 Å². The van der Waals surface area contributed by atoms with Gasteiger partial charge in [-0.3, -0.25) is 0 Å². The van der Waals surface area contributed by atoms with Crippen LogP contribution in [0.15, 0.2) is 26.0 Å². The van der Waals surface area contributed by atoms with E-state index in [0.29, 0.717) is 6.01 Å². The smallest absolute Gasteiger partial charge is 0.316 e. The maximum absolute atomic E-state index is 4.96. The number of thiophene rings is 1. The van der Waals surface area contributed by atoms with Gasteiger partial charge < -0.3 is 10.1 Å². The quantitative estimate of drug-likeness (QED) is 0.866. The van der Waals surface area contributed by atoms with Gasteiger partial charge in [0.2, 0.25) is 0 Å². The third kappa shape index (κ3) is 2.90. The molecule has 96 valence electrons. The second-order valence-electron chi connectivity index (χ2n) is 3.50. The molecule has 0 spiro atoms. The summed E-state index contributed by atoms with van der Waals surface area (Å²) >= 11 is 8.70. The van der Waals surface area contributed by atoms with Crippen molar-refractivity contribution in [3.05, 3.63) is 37.2 Å². The second-order valence-corrected chi connectivity index (χ2v) is 7.25. The molecule has 1 N–H and O–H groups in total. The Morgan fingerprint density at radius 3 is 2.44 bits per heavy atom. The van der Waals surface area contributed by atoms with Crippen LogP contribution in [-0.2, 0) is 0 Å². The Labute approximate surface area is 126 Å². The molecule has 1 atom stereocenters. The van der Waals surface area contributed by atoms with Crippen LogP contribution in [0.2, 0.25) is 0 Å². The van der Waals surface area contributed by atoms with Gasteiger partial charge in [-0.15, -0.1) is 11.3 Å². The second kappa shape index (κ2) is 6.10. The molecule has 4 nitrogen and oxygen atoms in total. The Hall–Kier alpha value is -0.500. The number of ether oxygens (including phenoxy) is 1. The van der Waals surface area contributed by atoms with Gasteiger partial charge in [0, 0.05) is 18.0 Å². The van der Waals surface area contributed by atoms with E-state index in [-0.39, 0.29) is 6.04 Å². The number of aromatic nitrogens is 2. The van der Waals surface area contributed by atoms with Crippen molar-refractivity contribution in [3.63, 3.8) is 0 Å². The van der Waals surface area contributed by atoms with Crippen LogP contribution >= 0.6 is 43.2 Å². The van der Waals surface area contributed by atoms with E-state index in [1.807, 2.05) is 7.05 Å². The fourth-order valence-electron chi connectivity index (χ4n) is 1.63. The molecule has 0 aliphatic carbocycles. The van der Waals surface area contributed by atoms with Crippen LogP contribution in [0.25, 0.3) is 0 Å². The van der Waals surface area contributed by atoms with Crippen molar-refractivity contribution >= 4 is 43.2 Å². The van der Waals surface area contributed by atoms with E-state index in [0.717, 1.165) is 18.7 Å². The van der Waals surface area contributed by atoms with Gasteiger partial charge >= 0.3 is 6.01 Å². The third-order valence-electron chi connectivity index (χ3n) is 2.45. The zero-order valence-electron chi connectivity index (χ0n) is 9.78. The van der Waals surface area contributed by atoms with Crippen LogP contribution in [0.1, 0.15) is 17.2 Å². The SMILES string of the molecule is CNC(c1cnc(OC)nc1)c1cc(Br)sc1Br. The molecule has 2 rings (SSSR count). The fraction of sp³-hybridized carbons (Fsp3) is 0.273.